The number of fused-ring (bicyclic) bond motifs is 3. The maximum atomic E-state index is 10.0. The van der Waals surface area contributed by atoms with E-state index in [4.69, 9.17) is 0 Å². The Bertz CT molecular complexity index is 902. The van der Waals surface area contributed by atoms with Crippen molar-refractivity contribution >= 4 is 25.2 Å². The summed E-state index contributed by atoms with van der Waals surface area (Å²) in [7, 11) is -3.02. The molecule has 0 heterocycles. The zero-order chi connectivity index (χ0) is 25.6. The fourth-order valence-electron chi connectivity index (χ4n) is 6.29. The van der Waals surface area contributed by atoms with Gasteiger partial charge >= 0.3 is 14.2 Å². The molecule has 6 heteroatoms. The molecule has 2 aromatic rings. The van der Waals surface area contributed by atoms with Crippen molar-refractivity contribution in [2.45, 2.75) is 97.3 Å². The van der Waals surface area contributed by atoms with Crippen molar-refractivity contribution in [1.82, 2.24) is 0 Å². The number of unbranched alkanes of at least 4 members (excludes halogenated alkanes) is 1. The van der Waals surface area contributed by atoms with Gasteiger partial charge in [0.2, 0.25) is 0 Å². The van der Waals surface area contributed by atoms with Crippen LogP contribution < -0.4 is 10.9 Å². The van der Waals surface area contributed by atoms with Gasteiger partial charge in [-0.3, -0.25) is 0 Å². The Morgan fingerprint density at radius 1 is 0.686 bits per heavy atom. The van der Waals surface area contributed by atoms with E-state index in [9.17, 15) is 20.1 Å². The number of rotatable bonds is 14. The van der Waals surface area contributed by atoms with Gasteiger partial charge in [-0.25, -0.2) is 0 Å². The van der Waals surface area contributed by atoms with Crippen molar-refractivity contribution in [2.24, 2.45) is 11.8 Å². The highest BCUT2D eigenvalue weighted by Gasteiger charge is 2.45. The minimum Gasteiger partial charge on any atom is -0.423 e. The lowest BCUT2D eigenvalue weighted by Crippen LogP contribution is -2.35. The van der Waals surface area contributed by atoms with Crippen molar-refractivity contribution in [1.29, 1.82) is 0 Å². The molecule has 0 spiro atoms. The zero-order valence-electron chi connectivity index (χ0n) is 22.1. The topological polar surface area (TPSA) is 80.9 Å². The minimum absolute atomic E-state index is 0.282. The van der Waals surface area contributed by atoms with E-state index < -0.39 is 14.2 Å². The van der Waals surface area contributed by atoms with Crippen molar-refractivity contribution in [3.63, 3.8) is 0 Å². The molecule has 2 aromatic carbocycles. The van der Waals surface area contributed by atoms with Gasteiger partial charge in [0.15, 0.2) is 0 Å². The summed E-state index contributed by atoms with van der Waals surface area (Å²) in [4.78, 5) is 0. The summed E-state index contributed by atoms with van der Waals surface area (Å²) in [5.74, 6) is 1.20. The summed E-state index contributed by atoms with van der Waals surface area (Å²) in [5, 5.41) is 40.1. The van der Waals surface area contributed by atoms with E-state index in [1.165, 1.54) is 43.2 Å². The first-order valence-corrected chi connectivity index (χ1v) is 13.8. The third kappa shape index (κ3) is 6.05. The van der Waals surface area contributed by atoms with Crippen molar-refractivity contribution in [3.05, 3.63) is 47.5 Å². The fourth-order valence-corrected chi connectivity index (χ4v) is 6.29. The SMILES string of the molecule is CCCCC(CC)CC1(CCC(CC)CCC)c2cc(B(O)O)ccc2-c2ccc(B(O)O)cc21. The van der Waals surface area contributed by atoms with E-state index in [2.05, 4.69) is 27.7 Å². The second-order valence-corrected chi connectivity index (χ2v) is 10.7. The number of hydrogen-bond donors (Lipinski definition) is 4. The fraction of sp³-hybridized carbons (Fsp3) is 0.586. The molecule has 0 saturated heterocycles. The van der Waals surface area contributed by atoms with Gasteiger partial charge in [-0.15, -0.1) is 0 Å². The maximum Gasteiger partial charge on any atom is 0.488 e. The molecule has 3 rings (SSSR count). The Morgan fingerprint density at radius 2 is 1.23 bits per heavy atom. The van der Waals surface area contributed by atoms with E-state index in [0.717, 1.165) is 43.2 Å². The van der Waals surface area contributed by atoms with Gasteiger partial charge < -0.3 is 20.1 Å². The van der Waals surface area contributed by atoms with Gasteiger partial charge in [0.25, 0.3) is 0 Å². The molecule has 4 nitrogen and oxygen atoms in total. The monoisotopic (exact) mass is 478 g/mol. The smallest absolute Gasteiger partial charge is 0.423 e. The molecule has 0 aliphatic heterocycles. The van der Waals surface area contributed by atoms with Gasteiger partial charge in [-0.1, -0.05) is 109 Å². The van der Waals surface area contributed by atoms with Gasteiger partial charge in [0, 0.05) is 5.41 Å². The first-order chi connectivity index (χ1) is 16.8. The zero-order valence-corrected chi connectivity index (χ0v) is 22.1. The van der Waals surface area contributed by atoms with Crippen molar-refractivity contribution in [3.8, 4) is 11.1 Å². The normalized spacial score (nSPS) is 15.4. The Labute approximate surface area is 213 Å². The molecule has 35 heavy (non-hydrogen) atoms. The molecule has 2 unspecified atom stereocenters. The second kappa shape index (κ2) is 12.6. The van der Waals surface area contributed by atoms with Crippen molar-refractivity contribution < 1.29 is 20.1 Å². The first-order valence-electron chi connectivity index (χ1n) is 13.8. The molecule has 0 bridgehead atoms. The molecule has 0 amide bonds. The second-order valence-electron chi connectivity index (χ2n) is 10.7. The molecule has 190 valence electrons. The molecular formula is C29H44B2O4. The Hall–Kier alpha value is -1.59. The van der Waals surface area contributed by atoms with E-state index in [1.54, 1.807) is 12.1 Å². The van der Waals surface area contributed by atoms with Crippen molar-refractivity contribution in [2.75, 3.05) is 0 Å². The van der Waals surface area contributed by atoms with E-state index in [-0.39, 0.29) is 5.41 Å². The lowest BCUT2D eigenvalue weighted by atomic mass is 9.64. The summed E-state index contributed by atoms with van der Waals surface area (Å²) >= 11 is 0. The Morgan fingerprint density at radius 3 is 1.66 bits per heavy atom. The lowest BCUT2D eigenvalue weighted by molar-refractivity contribution is 0.289. The van der Waals surface area contributed by atoms with Gasteiger partial charge in [0.1, 0.15) is 0 Å². The summed E-state index contributed by atoms with van der Waals surface area (Å²) in [6.07, 6.45) is 11.3. The molecule has 0 saturated carbocycles. The Kier molecular flexibility index (Phi) is 10.1. The highest BCUT2D eigenvalue weighted by molar-refractivity contribution is 6.59. The Balaban J connectivity index is 2.21. The van der Waals surface area contributed by atoms with E-state index >= 15 is 0 Å². The molecule has 0 radical (unpaired) electrons. The van der Waals surface area contributed by atoms with Crippen LogP contribution in [0.3, 0.4) is 0 Å². The van der Waals surface area contributed by atoms with Crippen LogP contribution in [-0.2, 0) is 5.41 Å². The van der Waals surface area contributed by atoms with Gasteiger partial charge in [0.05, 0.1) is 0 Å². The standard InChI is InChI=1S/C29H44B2O4/c1-5-9-11-22(8-4)20-29(17-16-21(7-3)10-6-2)27-18-23(30(32)33)12-14-25(27)26-15-13-24(31(34)35)19-28(26)29/h12-15,18-19,21-22,32-35H,5-11,16-17,20H2,1-4H3. The van der Waals surface area contributed by atoms with Crippen LogP contribution in [0.15, 0.2) is 36.4 Å². The maximum absolute atomic E-state index is 10.0. The van der Waals surface area contributed by atoms with E-state index in [1.807, 2.05) is 24.3 Å². The summed E-state index contributed by atoms with van der Waals surface area (Å²) in [5.41, 5.74) is 5.37. The van der Waals surface area contributed by atoms with Crippen LogP contribution in [0.1, 0.15) is 103 Å². The summed E-state index contributed by atoms with van der Waals surface area (Å²) < 4.78 is 0. The number of hydrogen-bond acceptors (Lipinski definition) is 4. The van der Waals surface area contributed by atoms with Crippen LogP contribution in [-0.4, -0.2) is 34.3 Å². The van der Waals surface area contributed by atoms with Crippen LogP contribution in [0.4, 0.5) is 0 Å². The average Bonchev–Trinajstić information content (AvgIpc) is 3.12. The molecule has 1 aliphatic rings. The average molecular weight is 478 g/mol. The summed E-state index contributed by atoms with van der Waals surface area (Å²) in [6.45, 7) is 9.04. The molecule has 0 fully saturated rings. The first kappa shape index (κ1) is 28.0. The third-order valence-electron chi connectivity index (χ3n) is 8.44. The van der Waals surface area contributed by atoms with Crippen LogP contribution in [0, 0.1) is 11.8 Å². The van der Waals surface area contributed by atoms with Crippen LogP contribution >= 0.6 is 0 Å². The highest BCUT2D eigenvalue weighted by Crippen LogP contribution is 2.55. The molecular weight excluding hydrogens is 434 g/mol. The predicted molar refractivity (Wildman–Crippen MR) is 148 cm³/mol. The molecule has 1 aliphatic carbocycles. The molecule has 0 aromatic heterocycles. The third-order valence-corrected chi connectivity index (χ3v) is 8.44. The minimum atomic E-state index is -1.51. The highest BCUT2D eigenvalue weighted by atomic mass is 16.4. The van der Waals surface area contributed by atoms with E-state index in [0.29, 0.717) is 22.8 Å². The molecule has 2 atom stereocenters. The molecule has 4 N–H and O–H groups in total. The quantitative estimate of drug-likeness (QED) is 0.301. The largest absolute Gasteiger partial charge is 0.488 e. The number of benzene rings is 2. The summed E-state index contributed by atoms with van der Waals surface area (Å²) in [6, 6.07) is 11.7. The van der Waals surface area contributed by atoms with Crippen LogP contribution in [0.5, 0.6) is 0 Å². The van der Waals surface area contributed by atoms with Gasteiger partial charge in [-0.05, 0) is 64.3 Å². The van der Waals surface area contributed by atoms with Gasteiger partial charge in [-0.2, -0.15) is 0 Å². The predicted octanol–water partition coefficient (Wildman–Crippen LogP) is 4.53. The lowest BCUT2D eigenvalue weighted by Gasteiger charge is -2.37. The van der Waals surface area contributed by atoms with Crippen LogP contribution in [0.2, 0.25) is 0 Å². The van der Waals surface area contributed by atoms with Crippen LogP contribution in [0.25, 0.3) is 11.1 Å².